The summed E-state index contributed by atoms with van der Waals surface area (Å²) in [4.78, 5) is 8.28. The van der Waals surface area contributed by atoms with Crippen LogP contribution in [0.25, 0.3) is 0 Å². The van der Waals surface area contributed by atoms with E-state index in [9.17, 15) is 4.39 Å². The Balaban J connectivity index is 1.94. The van der Waals surface area contributed by atoms with E-state index in [1.165, 1.54) is 18.2 Å². The highest BCUT2D eigenvalue weighted by Crippen LogP contribution is 2.24. The molecule has 1 N–H and O–H groups in total. The van der Waals surface area contributed by atoms with E-state index < -0.39 is 0 Å². The van der Waals surface area contributed by atoms with Crippen LogP contribution in [-0.4, -0.2) is 16.5 Å². The van der Waals surface area contributed by atoms with Crippen LogP contribution in [0.2, 0.25) is 0 Å². The fourth-order valence-corrected chi connectivity index (χ4v) is 2.00. The highest BCUT2D eigenvalue weighted by Gasteiger charge is 2.05. The zero-order chi connectivity index (χ0) is 15.2. The molecule has 1 heterocycles. The van der Waals surface area contributed by atoms with Crippen LogP contribution in [0.5, 0.6) is 11.8 Å². The second kappa shape index (κ2) is 7.47. The molecule has 0 bridgehead atoms. The molecular weight excluding hydrogens is 337 g/mol. The minimum Gasteiger partial charge on any atom is -0.424 e. The van der Waals surface area contributed by atoms with Crippen molar-refractivity contribution in [3.05, 3.63) is 46.4 Å². The van der Waals surface area contributed by atoms with Gasteiger partial charge in [0.25, 0.3) is 0 Å². The maximum absolute atomic E-state index is 13.1. The SMILES string of the molecule is CC(C)CNCc1cnc(Oc2ccc(F)c(Br)c2)nc1. The molecule has 0 aliphatic rings. The summed E-state index contributed by atoms with van der Waals surface area (Å²) < 4.78 is 18.9. The molecule has 0 unspecified atom stereocenters. The Morgan fingerprint density at radius 2 is 2.00 bits per heavy atom. The molecule has 0 amide bonds. The molecule has 2 rings (SSSR count). The number of rotatable bonds is 6. The summed E-state index contributed by atoms with van der Waals surface area (Å²) in [7, 11) is 0. The highest BCUT2D eigenvalue weighted by molar-refractivity contribution is 9.10. The van der Waals surface area contributed by atoms with E-state index in [-0.39, 0.29) is 11.8 Å². The molecule has 0 aliphatic heterocycles. The lowest BCUT2D eigenvalue weighted by atomic mass is 10.2. The summed E-state index contributed by atoms with van der Waals surface area (Å²) in [5.41, 5.74) is 0.989. The van der Waals surface area contributed by atoms with E-state index in [0.29, 0.717) is 16.1 Å². The maximum Gasteiger partial charge on any atom is 0.321 e. The van der Waals surface area contributed by atoms with E-state index in [2.05, 4.69) is 45.1 Å². The summed E-state index contributed by atoms with van der Waals surface area (Å²) in [6.07, 6.45) is 3.43. The standard InChI is InChI=1S/C15H17BrFN3O/c1-10(2)6-18-7-11-8-19-15(20-9-11)21-12-3-4-14(17)13(16)5-12/h3-5,8-10,18H,6-7H2,1-2H3. The van der Waals surface area contributed by atoms with E-state index >= 15 is 0 Å². The summed E-state index contributed by atoms with van der Waals surface area (Å²) in [6.45, 7) is 5.98. The van der Waals surface area contributed by atoms with Gasteiger partial charge in [-0.1, -0.05) is 13.8 Å². The van der Waals surface area contributed by atoms with Gasteiger partial charge in [0.1, 0.15) is 11.6 Å². The van der Waals surface area contributed by atoms with Gasteiger partial charge in [0, 0.05) is 24.5 Å². The summed E-state index contributed by atoms with van der Waals surface area (Å²) >= 11 is 3.11. The lowest BCUT2D eigenvalue weighted by molar-refractivity contribution is 0.438. The normalized spacial score (nSPS) is 10.9. The lowest BCUT2D eigenvalue weighted by Crippen LogP contribution is -2.19. The molecule has 0 saturated carbocycles. The van der Waals surface area contributed by atoms with Crippen molar-refractivity contribution in [1.82, 2.24) is 15.3 Å². The monoisotopic (exact) mass is 353 g/mol. The van der Waals surface area contributed by atoms with Crippen LogP contribution in [-0.2, 0) is 6.54 Å². The number of nitrogens with one attached hydrogen (secondary N) is 1. The average Bonchev–Trinajstić information content (AvgIpc) is 2.44. The molecule has 0 spiro atoms. The molecule has 21 heavy (non-hydrogen) atoms. The summed E-state index contributed by atoms with van der Waals surface area (Å²) in [5.74, 6) is 0.745. The Bertz CT molecular complexity index is 590. The van der Waals surface area contributed by atoms with Gasteiger partial charge >= 0.3 is 6.01 Å². The molecule has 0 atom stereocenters. The van der Waals surface area contributed by atoms with Crippen molar-refractivity contribution in [2.24, 2.45) is 5.92 Å². The topological polar surface area (TPSA) is 47.0 Å². The van der Waals surface area contributed by atoms with E-state index in [1.54, 1.807) is 12.4 Å². The van der Waals surface area contributed by atoms with Crippen molar-refractivity contribution < 1.29 is 9.13 Å². The molecule has 2 aromatic rings. The van der Waals surface area contributed by atoms with Gasteiger partial charge in [0.15, 0.2) is 0 Å². The number of ether oxygens (including phenoxy) is 1. The van der Waals surface area contributed by atoms with Crippen molar-refractivity contribution in [2.75, 3.05) is 6.54 Å². The highest BCUT2D eigenvalue weighted by atomic mass is 79.9. The second-order valence-corrected chi connectivity index (χ2v) is 5.93. The van der Waals surface area contributed by atoms with Gasteiger partial charge in [-0.05, 0) is 46.6 Å². The molecular formula is C15H17BrFN3O. The predicted octanol–water partition coefficient (Wildman–Crippen LogP) is 3.92. The average molecular weight is 354 g/mol. The third-order valence-corrected chi connectivity index (χ3v) is 3.27. The Labute approximate surface area is 131 Å². The lowest BCUT2D eigenvalue weighted by Gasteiger charge is -2.08. The van der Waals surface area contributed by atoms with Gasteiger partial charge < -0.3 is 10.1 Å². The first-order valence-electron chi connectivity index (χ1n) is 6.69. The van der Waals surface area contributed by atoms with Crippen LogP contribution in [0.15, 0.2) is 35.1 Å². The van der Waals surface area contributed by atoms with Crippen LogP contribution in [0.3, 0.4) is 0 Å². The minimum absolute atomic E-state index is 0.237. The summed E-state index contributed by atoms with van der Waals surface area (Å²) in [5, 5.41) is 3.32. The van der Waals surface area contributed by atoms with Gasteiger partial charge in [-0.25, -0.2) is 14.4 Å². The molecule has 112 valence electrons. The van der Waals surface area contributed by atoms with E-state index in [0.717, 1.165) is 18.7 Å². The number of hydrogen-bond donors (Lipinski definition) is 1. The second-order valence-electron chi connectivity index (χ2n) is 5.08. The zero-order valence-corrected chi connectivity index (χ0v) is 13.5. The third-order valence-electron chi connectivity index (χ3n) is 2.66. The van der Waals surface area contributed by atoms with E-state index in [1.807, 2.05) is 0 Å². The van der Waals surface area contributed by atoms with Gasteiger partial charge in [0.2, 0.25) is 0 Å². The number of hydrogen-bond acceptors (Lipinski definition) is 4. The molecule has 0 saturated heterocycles. The number of aromatic nitrogens is 2. The molecule has 0 aliphatic carbocycles. The predicted molar refractivity (Wildman–Crippen MR) is 82.8 cm³/mol. The first kappa shape index (κ1) is 15.9. The molecule has 6 heteroatoms. The van der Waals surface area contributed by atoms with Crippen molar-refractivity contribution >= 4 is 15.9 Å². The van der Waals surface area contributed by atoms with Gasteiger partial charge in [-0.3, -0.25) is 0 Å². The van der Waals surface area contributed by atoms with E-state index in [4.69, 9.17) is 4.74 Å². The van der Waals surface area contributed by atoms with Gasteiger partial charge in [0.05, 0.1) is 4.47 Å². The fraction of sp³-hybridized carbons (Fsp3) is 0.333. The molecule has 0 radical (unpaired) electrons. The van der Waals surface area contributed by atoms with Crippen LogP contribution in [0, 0.1) is 11.7 Å². The number of halogens is 2. The Hall–Kier alpha value is -1.53. The van der Waals surface area contributed by atoms with Gasteiger partial charge in [-0.15, -0.1) is 0 Å². The third kappa shape index (κ3) is 5.06. The molecule has 0 fully saturated rings. The maximum atomic E-state index is 13.1. The quantitative estimate of drug-likeness (QED) is 0.854. The van der Waals surface area contributed by atoms with Crippen LogP contribution < -0.4 is 10.1 Å². The molecule has 1 aromatic carbocycles. The Morgan fingerprint density at radius 1 is 1.29 bits per heavy atom. The number of nitrogens with zero attached hydrogens (tertiary/aromatic N) is 2. The Kier molecular flexibility index (Phi) is 5.64. The molecule has 4 nitrogen and oxygen atoms in total. The smallest absolute Gasteiger partial charge is 0.321 e. The first-order valence-corrected chi connectivity index (χ1v) is 7.48. The fourth-order valence-electron chi connectivity index (χ4n) is 1.64. The Morgan fingerprint density at radius 3 is 2.62 bits per heavy atom. The van der Waals surface area contributed by atoms with Crippen LogP contribution in [0.4, 0.5) is 4.39 Å². The van der Waals surface area contributed by atoms with Crippen molar-refractivity contribution in [2.45, 2.75) is 20.4 Å². The first-order chi connectivity index (χ1) is 10.0. The van der Waals surface area contributed by atoms with Crippen molar-refractivity contribution in [3.63, 3.8) is 0 Å². The van der Waals surface area contributed by atoms with Crippen LogP contribution in [0.1, 0.15) is 19.4 Å². The van der Waals surface area contributed by atoms with Crippen LogP contribution >= 0.6 is 15.9 Å². The van der Waals surface area contributed by atoms with Crippen molar-refractivity contribution in [3.8, 4) is 11.8 Å². The van der Waals surface area contributed by atoms with Crippen molar-refractivity contribution in [1.29, 1.82) is 0 Å². The largest absolute Gasteiger partial charge is 0.424 e. The zero-order valence-electron chi connectivity index (χ0n) is 11.9. The van der Waals surface area contributed by atoms with Gasteiger partial charge in [-0.2, -0.15) is 0 Å². The number of benzene rings is 1. The summed E-state index contributed by atoms with van der Waals surface area (Å²) in [6, 6.07) is 4.63. The minimum atomic E-state index is -0.338. The molecule has 1 aromatic heterocycles.